The van der Waals surface area contributed by atoms with Crippen LogP contribution in [0.4, 0.5) is 13.2 Å². The largest absolute Gasteiger partial charge is 0.472 e. The third-order valence-electron chi connectivity index (χ3n) is 4.85. The highest BCUT2D eigenvalue weighted by Gasteiger charge is 2.35. The lowest BCUT2D eigenvalue weighted by Gasteiger charge is -2.10. The van der Waals surface area contributed by atoms with Gasteiger partial charge in [-0.15, -0.1) is 0 Å². The molecule has 0 saturated heterocycles. The lowest BCUT2D eigenvalue weighted by Crippen LogP contribution is -2.08. The quantitative estimate of drug-likeness (QED) is 0.320. The summed E-state index contributed by atoms with van der Waals surface area (Å²) in [6.07, 6.45) is 3.21. The van der Waals surface area contributed by atoms with Gasteiger partial charge in [-0.1, -0.05) is 41.9 Å². The van der Waals surface area contributed by atoms with Crippen molar-refractivity contribution in [1.29, 1.82) is 0 Å². The Hall–Kier alpha value is -3.45. The predicted molar refractivity (Wildman–Crippen MR) is 108 cm³/mol. The highest BCUT2D eigenvalue weighted by atomic mass is 35.5. The maximum Gasteiger partial charge on any atom is 0.420 e. The fraction of sp³-hybridized carbons (Fsp3) is 0.0455. The smallest absolute Gasteiger partial charge is 0.420 e. The lowest BCUT2D eigenvalue weighted by atomic mass is 10.1. The summed E-state index contributed by atoms with van der Waals surface area (Å²) in [4.78, 5) is 4.23. The van der Waals surface area contributed by atoms with E-state index < -0.39 is 11.7 Å². The van der Waals surface area contributed by atoms with Crippen molar-refractivity contribution in [2.75, 3.05) is 0 Å². The van der Waals surface area contributed by atoms with Crippen LogP contribution in [0.1, 0.15) is 5.56 Å². The number of fused-ring (bicyclic) bond motifs is 1. The van der Waals surface area contributed by atoms with Gasteiger partial charge < -0.3 is 8.98 Å². The van der Waals surface area contributed by atoms with Gasteiger partial charge in [0.25, 0.3) is 0 Å². The fourth-order valence-electron chi connectivity index (χ4n) is 3.39. The van der Waals surface area contributed by atoms with Crippen LogP contribution in [0.5, 0.6) is 0 Å². The van der Waals surface area contributed by atoms with Crippen LogP contribution >= 0.6 is 11.6 Å². The fourth-order valence-corrected chi connectivity index (χ4v) is 3.66. The Kier molecular flexibility index (Phi) is 4.22. The second-order valence-electron chi connectivity index (χ2n) is 6.75. The van der Waals surface area contributed by atoms with Crippen molar-refractivity contribution in [2.24, 2.45) is 0 Å². The third kappa shape index (κ3) is 3.07. The van der Waals surface area contributed by atoms with E-state index in [-0.39, 0.29) is 16.6 Å². The van der Waals surface area contributed by atoms with E-state index in [1.165, 1.54) is 23.1 Å². The molecule has 8 heteroatoms. The summed E-state index contributed by atoms with van der Waals surface area (Å²) in [5.41, 5.74) is 1.59. The number of pyridine rings is 1. The minimum absolute atomic E-state index is 0.0797. The molecule has 0 aliphatic heterocycles. The molecule has 4 heterocycles. The first-order valence-corrected chi connectivity index (χ1v) is 9.35. The van der Waals surface area contributed by atoms with Crippen molar-refractivity contribution in [1.82, 2.24) is 14.0 Å². The van der Waals surface area contributed by atoms with Crippen LogP contribution in [0.2, 0.25) is 5.15 Å². The monoisotopic (exact) mass is 427 g/mol. The first kappa shape index (κ1) is 18.6. The maximum atomic E-state index is 13.8. The van der Waals surface area contributed by atoms with Gasteiger partial charge in [0, 0.05) is 29.7 Å². The summed E-state index contributed by atoms with van der Waals surface area (Å²) in [7, 11) is 0. The summed E-state index contributed by atoms with van der Waals surface area (Å²) >= 11 is 6.49. The Morgan fingerprint density at radius 2 is 1.70 bits per heavy atom. The molecule has 150 valence electrons. The molecule has 0 aliphatic carbocycles. The van der Waals surface area contributed by atoms with E-state index in [9.17, 15) is 13.2 Å². The molecule has 0 radical (unpaired) electrons. The number of furan rings is 1. The number of hydrogen-bond acceptors (Lipinski definition) is 2. The van der Waals surface area contributed by atoms with E-state index in [0.29, 0.717) is 11.1 Å². The molecule has 0 unspecified atom stereocenters. The molecule has 0 spiro atoms. The molecule has 0 fully saturated rings. The second kappa shape index (κ2) is 6.81. The standard InChI is InChI=1S/C22H13ClF3N3O/c23-19-21(28-8-6-15(11-28)14-4-2-1-3-5-14)27-20-18(22(24,25)26)10-17(12-29(19)20)16-7-9-30-13-16/h1-13H. The first-order valence-electron chi connectivity index (χ1n) is 8.97. The normalized spacial score (nSPS) is 12.0. The van der Waals surface area contributed by atoms with E-state index in [2.05, 4.69) is 4.98 Å². The molecular formula is C22H13ClF3N3O. The zero-order valence-corrected chi connectivity index (χ0v) is 16.0. The van der Waals surface area contributed by atoms with E-state index in [1.807, 2.05) is 36.4 Å². The van der Waals surface area contributed by atoms with Crippen molar-refractivity contribution in [2.45, 2.75) is 6.18 Å². The maximum absolute atomic E-state index is 13.8. The molecule has 5 rings (SSSR count). The van der Waals surface area contributed by atoms with Crippen molar-refractivity contribution in [3.05, 3.63) is 90.4 Å². The first-order chi connectivity index (χ1) is 14.4. The molecule has 0 saturated carbocycles. The number of benzene rings is 1. The number of aromatic nitrogens is 3. The van der Waals surface area contributed by atoms with Crippen LogP contribution in [-0.4, -0.2) is 14.0 Å². The van der Waals surface area contributed by atoms with Crippen molar-refractivity contribution in [3.8, 4) is 28.1 Å². The number of imidazole rings is 1. The van der Waals surface area contributed by atoms with Crippen molar-refractivity contribution < 1.29 is 17.6 Å². The second-order valence-corrected chi connectivity index (χ2v) is 7.10. The van der Waals surface area contributed by atoms with E-state index in [1.54, 1.807) is 23.0 Å². The molecule has 0 N–H and O–H groups in total. The molecule has 0 atom stereocenters. The Balaban J connectivity index is 1.70. The number of alkyl halides is 3. The molecule has 0 aliphatic rings. The molecule has 4 nitrogen and oxygen atoms in total. The molecule has 5 aromatic rings. The molecule has 30 heavy (non-hydrogen) atoms. The van der Waals surface area contributed by atoms with Crippen LogP contribution in [0.3, 0.4) is 0 Å². The highest BCUT2D eigenvalue weighted by molar-refractivity contribution is 6.31. The summed E-state index contributed by atoms with van der Waals surface area (Å²) in [6.45, 7) is 0. The number of nitrogens with zero attached hydrogens (tertiary/aromatic N) is 3. The molecule has 1 aromatic carbocycles. The third-order valence-corrected chi connectivity index (χ3v) is 5.20. The SMILES string of the molecule is FC(F)(F)c1cc(-c2ccoc2)cn2c(Cl)c(-n3ccc(-c4ccccc4)c3)nc12. The van der Waals surface area contributed by atoms with Crippen LogP contribution < -0.4 is 0 Å². The molecule has 4 aromatic heterocycles. The van der Waals surface area contributed by atoms with Gasteiger partial charge in [-0.05, 0) is 29.3 Å². The Morgan fingerprint density at radius 3 is 2.40 bits per heavy atom. The highest BCUT2D eigenvalue weighted by Crippen LogP contribution is 2.38. The lowest BCUT2D eigenvalue weighted by molar-refractivity contribution is -0.136. The molecule has 0 bridgehead atoms. The summed E-state index contributed by atoms with van der Waals surface area (Å²) in [5, 5.41) is 0.0797. The average Bonchev–Trinajstić information content (AvgIpc) is 3.48. The van der Waals surface area contributed by atoms with Crippen LogP contribution in [-0.2, 0) is 6.18 Å². The Morgan fingerprint density at radius 1 is 0.900 bits per heavy atom. The van der Waals surface area contributed by atoms with Gasteiger partial charge >= 0.3 is 6.18 Å². The number of hydrogen-bond donors (Lipinski definition) is 0. The zero-order chi connectivity index (χ0) is 20.9. The average molecular weight is 428 g/mol. The van der Waals surface area contributed by atoms with Gasteiger partial charge in [0.1, 0.15) is 0 Å². The van der Waals surface area contributed by atoms with E-state index >= 15 is 0 Å². The van der Waals surface area contributed by atoms with Gasteiger partial charge in [-0.3, -0.25) is 4.40 Å². The minimum atomic E-state index is -4.60. The van der Waals surface area contributed by atoms with Gasteiger partial charge in [-0.25, -0.2) is 4.98 Å². The van der Waals surface area contributed by atoms with Gasteiger partial charge in [0.05, 0.1) is 18.1 Å². The minimum Gasteiger partial charge on any atom is -0.472 e. The topological polar surface area (TPSA) is 35.4 Å². The van der Waals surface area contributed by atoms with Gasteiger partial charge in [0.15, 0.2) is 16.6 Å². The van der Waals surface area contributed by atoms with Gasteiger partial charge in [0.2, 0.25) is 0 Å². The number of halogens is 4. The zero-order valence-electron chi connectivity index (χ0n) is 15.3. The van der Waals surface area contributed by atoms with Crippen LogP contribution in [0.15, 0.2) is 84.1 Å². The van der Waals surface area contributed by atoms with Crippen LogP contribution in [0, 0.1) is 0 Å². The summed E-state index contributed by atoms with van der Waals surface area (Å²) < 4.78 is 49.2. The number of rotatable bonds is 3. The van der Waals surface area contributed by atoms with Crippen molar-refractivity contribution >= 4 is 17.2 Å². The summed E-state index contributed by atoms with van der Waals surface area (Å²) in [5.74, 6) is 0.216. The van der Waals surface area contributed by atoms with E-state index in [4.69, 9.17) is 16.0 Å². The van der Waals surface area contributed by atoms with Crippen LogP contribution in [0.25, 0.3) is 33.7 Å². The van der Waals surface area contributed by atoms with Crippen molar-refractivity contribution in [3.63, 3.8) is 0 Å². The predicted octanol–water partition coefficient (Wildman–Crippen LogP) is 6.72. The van der Waals surface area contributed by atoms with E-state index in [0.717, 1.165) is 17.2 Å². The Labute approximate surface area is 173 Å². The Bertz CT molecular complexity index is 1340. The van der Waals surface area contributed by atoms with Gasteiger partial charge in [-0.2, -0.15) is 13.2 Å². The molecular weight excluding hydrogens is 415 g/mol. The summed E-state index contributed by atoms with van der Waals surface area (Å²) in [6, 6.07) is 14.1. The molecule has 0 amide bonds.